The molecule has 2 aromatic rings. The number of aromatic nitrogens is 1. The van der Waals surface area contributed by atoms with Gasteiger partial charge in [-0.05, 0) is 49.9 Å². The molecule has 3 nitrogen and oxygen atoms in total. The number of rotatable bonds is 1. The molecule has 18 heavy (non-hydrogen) atoms. The maximum absolute atomic E-state index is 8.91. The minimum absolute atomic E-state index is 0.333. The predicted molar refractivity (Wildman–Crippen MR) is 72.1 cm³/mol. The van der Waals surface area contributed by atoms with E-state index in [9.17, 15) is 0 Å². The minimum Gasteiger partial charge on any atom is -0.344 e. The largest absolute Gasteiger partial charge is 0.344 e. The summed E-state index contributed by atoms with van der Waals surface area (Å²) in [5.74, 6) is 0. The Labute approximate surface area is 107 Å². The lowest BCUT2D eigenvalue weighted by Crippen LogP contribution is -2.29. The highest BCUT2D eigenvalue weighted by molar-refractivity contribution is 5.81. The van der Waals surface area contributed by atoms with Crippen molar-refractivity contribution in [1.29, 1.82) is 5.26 Å². The standard InChI is InChI=1S/C15H17N3/c16-10-11-4-5-15-12(8-11)6-7-18(15)14-3-1-2-13(17)9-14/h4-8,13-14H,1-3,9,17H2/t13-,14+/m1/s1. The summed E-state index contributed by atoms with van der Waals surface area (Å²) < 4.78 is 2.33. The van der Waals surface area contributed by atoms with Crippen LogP contribution in [0, 0.1) is 11.3 Å². The summed E-state index contributed by atoms with van der Waals surface area (Å²) in [7, 11) is 0. The van der Waals surface area contributed by atoms with Crippen LogP contribution in [-0.4, -0.2) is 10.6 Å². The Hall–Kier alpha value is -1.79. The zero-order chi connectivity index (χ0) is 12.5. The molecule has 1 aliphatic rings. The van der Waals surface area contributed by atoms with Crippen LogP contribution in [0.15, 0.2) is 30.5 Å². The molecule has 0 spiro atoms. The maximum atomic E-state index is 8.91. The molecule has 3 heteroatoms. The number of fused-ring (bicyclic) bond motifs is 1. The quantitative estimate of drug-likeness (QED) is 0.831. The first-order valence-corrected chi connectivity index (χ1v) is 6.54. The van der Waals surface area contributed by atoms with Crippen LogP contribution in [0.4, 0.5) is 0 Å². The van der Waals surface area contributed by atoms with E-state index in [4.69, 9.17) is 11.0 Å². The van der Waals surface area contributed by atoms with E-state index < -0.39 is 0 Å². The summed E-state index contributed by atoms with van der Waals surface area (Å²) in [5, 5.41) is 10.1. The minimum atomic E-state index is 0.333. The zero-order valence-electron chi connectivity index (χ0n) is 10.3. The van der Waals surface area contributed by atoms with Crippen LogP contribution < -0.4 is 5.73 Å². The van der Waals surface area contributed by atoms with Gasteiger partial charge in [0.1, 0.15) is 0 Å². The lowest BCUT2D eigenvalue weighted by atomic mass is 9.91. The molecule has 0 amide bonds. The monoisotopic (exact) mass is 239 g/mol. The van der Waals surface area contributed by atoms with Gasteiger partial charge in [-0.15, -0.1) is 0 Å². The van der Waals surface area contributed by atoms with E-state index in [-0.39, 0.29) is 0 Å². The van der Waals surface area contributed by atoms with Gasteiger partial charge in [0.2, 0.25) is 0 Å². The molecule has 1 fully saturated rings. The van der Waals surface area contributed by atoms with Gasteiger partial charge in [-0.1, -0.05) is 0 Å². The number of nitrogens with zero attached hydrogens (tertiary/aromatic N) is 2. The Morgan fingerprint density at radius 2 is 2.17 bits per heavy atom. The second kappa shape index (κ2) is 4.47. The van der Waals surface area contributed by atoms with Crippen molar-refractivity contribution < 1.29 is 0 Å². The Morgan fingerprint density at radius 3 is 2.94 bits per heavy atom. The second-order valence-corrected chi connectivity index (χ2v) is 5.19. The summed E-state index contributed by atoms with van der Waals surface area (Å²) in [6.07, 6.45) is 6.76. The lowest BCUT2D eigenvalue weighted by molar-refractivity contribution is 0.326. The number of hydrogen-bond acceptors (Lipinski definition) is 2. The molecule has 3 rings (SSSR count). The van der Waals surface area contributed by atoms with Crippen molar-refractivity contribution in [1.82, 2.24) is 4.57 Å². The third-order valence-corrected chi connectivity index (χ3v) is 3.93. The van der Waals surface area contributed by atoms with Crippen molar-refractivity contribution in [3.05, 3.63) is 36.0 Å². The van der Waals surface area contributed by atoms with Crippen LogP contribution >= 0.6 is 0 Å². The fraction of sp³-hybridized carbons (Fsp3) is 0.400. The van der Waals surface area contributed by atoms with Crippen LogP contribution in [0.2, 0.25) is 0 Å². The van der Waals surface area contributed by atoms with Gasteiger partial charge in [0.15, 0.2) is 0 Å². The SMILES string of the molecule is N#Cc1ccc2c(ccn2[C@H]2CCC[C@@H](N)C2)c1. The van der Waals surface area contributed by atoms with Gasteiger partial charge in [-0.3, -0.25) is 0 Å². The fourth-order valence-electron chi connectivity index (χ4n) is 3.01. The van der Waals surface area contributed by atoms with Gasteiger partial charge in [0, 0.05) is 29.2 Å². The van der Waals surface area contributed by atoms with E-state index >= 15 is 0 Å². The van der Waals surface area contributed by atoms with Crippen LogP contribution in [0.5, 0.6) is 0 Å². The van der Waals surface area contributed by atoms with Gasteiger partial charge in [-0.2, -0.15) is 5.26 Å². The zero-order valence-corrected chi connectivity index (χ0v) is 10.3. The molecule has 0 aliphatic heterocycles. The highest BCUT2D eigenvalue weighted by Crippen LogP contribution is 2.31. The summed E-state index contributed by atoms with van der Waals surface area (Å²) in [6.45, 7) is 0. The molecule has 1 saturated carbocycles. The van der Waals surface area contributed by atoms with Crippen LogP contribution in [0.1, 0.15) is 37.3 Å². The Bertz CT molecular complexity index is 606. The van der Waals surface area contributed by atoms with E-state index in [2.05, 4.69) is 22.9 Å². The smallest absolute Gasteiger partial charge is 0.0991 e. The number of nitrogens with two attached hydrogens (primary N) is 1. The molecule has 0 radical (unpaired) electrons. The van der Waals surface area contributed by atoms with Crippen molar-refractivity contribution >= 4 is 10.9 Å². The normalized spacial score (nSPS) is 24.0. The van der Waals surface area contributed by atoms with Crippen LogP contribution in [0.3, 0.4) is 0 Å². The molecular formula is C15H17N3. The third-order valence-electron chi connectivity index (χ3n) is 3.93. The number of benzene rings is 1. The van der Waals surface area contributed by atoms with Crippen molar-refractivity contribution in [2.75, 3.05) is 0 Å². The van der Waals surface area contributed by atoms with E-state index in [1.807, 2.05) is 18.2 Å². The Balaban J connectivity index is 2.00. The molecule has 1 heterocycles. The van der Waals surface area contributed by atoms with Gasteiger partial charge in [-0.25, -0.2) is 0 Å². The fourth-order valence-corrected chi connectivity index (χ4v) is 3.01. The average molecular weight is 239 g/mol. The topological polar surface area (TPSA) is 54.7 Å². The molecule has 1 aromatic carbocycles. The average Bonchev–Trinajstić information content (AvgIpc) is 2.81. The van der Waals surface area contributed by atoms with E-state index in [1.165, 1.54) is 18.4 Å². The predicted octanol–water partition coefficient (Wildman–Crippen LogP) is 2.96. The maximum Gasteiger partial charge on any atom is 0.0991 e. The summed E-state index contributed by atoms with van der Waals surface area (Å²) in [6, 6.07) is 11.0. The van der Waals surface area contributed by atoms with Gasteiger partial charge < -0.3 is 10.3 Å². The first-order chi connectivity index (χ1) is 8.78. The molecule has 1 aliphatic carbocycles. The summed E-state index contributed by atoms with van der Waals surface area (Å²) >= 11 is 0. The molecule has 2 atom stereocenters. The van der Waals surface area contributed by atoms with Gasteiger partial charge in [0.25, 0.3) is 0 Å². The van der Waals surface area contributed by atoms with Crippen molar-refractivity contribution in [2.45, 2.75) is 37.8 Å². The molecule has 0 unspecified atom stereocenters. The van der Waals surface area contributed by atoms with Crippen molar-refractivity contribution in [3.63, 3.8) is 0 Å². The highest BCUT2D eigenvalue weighted by Gasteiger charge is 2.21. The van der Waals surface area contributed by atoms with Crippen molar-refractivity contribution in [3.8, 4) is 6.07 Å². The van der Waals surface area contributed by atoms with E-state index in [0.29, 0.717) is 12.1 Å². The lowest BCUT2D eigenvalue weighted by Gasteiger charge is -2.28. The van der Waals surface area contributed by atoms with Gasteiger partial charge in [0.05, 0.1) is 11.6 Å². The van der Waals surface area contributed by atoms with E-state index in [1.54, 1.807) is 0 Å². The Morgan fingerprint density at radius 1 is 1.28 bits per heavy atom. The Kier molecular flexibility index (Phi) is 2.81. The molecule has 0 saturated heterocycles. The molecule has 0 bridgehead atoms. The first-order valence-electron chi connectivity index (χ1n) is 6.54. The highest BCUT2D eigenvalue weighted by atomic mass is 15.0. The molecule has 2 N–H and O–H groups in total. The first kappa shape index (κ1) is 11.3. The molecule has 92 valence electrons. The van der Waals surface area contributed by atoms with Crippen molar-refractivity contribution in [2.24, 2.45) is 5.73 Å². The molecule has 1 aromatic heterocycles. The molecular weight excluding hydrogens is 222 g/mol. The second-order valence-electron chi connectivity index (χ2n) is 5.19. The van der Waals surface area contributed by atoms with Gasteiger partial charge >= 0.3 is 0 Å². The number of nitriles is 1. The summed E-state index contributed by atoms with van der Waals surface area (Å²) in [4.78, 5) is 0. The van der Waals surface area contributed by atoms with Crippen LogP contribution in [0.25, 0.3) is 10.9 Å². The summed E-state index contributed by atoms with van der Waals surface area (Å²) in [5.41, 5.74) is 8.00. The third kappa shape index (κ3) is 1.89. The van der Waals surface area contributed by atoms with Crippen LogP contribution in [-0.2, 0) is 0 Å². The van der Waals surface area contributed by atoms with E-state index in [0.717, 1.165) is 23.8 Å². The number of hydrogen-bond donors (Lipinski definition) is 1.